The van der Waals surface area contributed by atoms with Crippen LogP contribution in [0, 0.1) is 6.92 Å². The van der Waals surface area contributed by atoms with Crippen LogP contribution >= 0.6 is 0 Å². The van der Waals surface area contributed by atoms with E-state index in [-0.39, 0.29) is 17.7 Å². The van der Waals surface area contributed by atoms with Gasteiger partial charge in [-0.3, -0.25) is 4.79 Å². The smallest absolute Gasteiger partial charge is 0.226 e. The number of para-hydroxylation sites is 1. The van der Waals surface area contributed by atoms with Crippen molar-refractivity contribution in [3.63, 3.8) is 0 Å². The number of fused-ring (bicyclic) bond motifs is 2. The highest BCUT2D eigenvalue weighted by Crippen LogP contribution is 2.45. The molecule has 7 heteroatoms. The molecule has 0 saturated carbocycles. The van der Waals surface area contributed by atoms with E-state index in [0.29, 0.717) is 24.6 Å². The number of carbonyl (C=O) groups is 1. The molecule has 1 aliphatic heterocycles. The van der Waals surface area contributed by atoms with Gasteiger partial charge < -0.3 is 14.7 Å². The SMILES string of the molecule is Cc1nc2n(n1)C(c1c[nH]c3ccccc13)C1=C(CC(c3ccco3)CC1=O)N2. The number of Topliss-reactive ketones (excluding diaryl/α,β-unsaturated/α-hetero) is 1. The topological polar surface area (TPSA) is 88.7 Å². The number of anilines is 1. The molecule has 2 atom stereocenters. The molecular weight excluding hydrogens is 366 g/mol. The lowest BCUT2D eigenvalue weighted by atomic mass is 9.79. The molecule has 0 fully saturated rings. The fourth-order valence-electron chi connectivity index (χ4n) is 4.65. The quantitative estimate of drug-likeness (QED) is 0.543. The maximum Gasteiger partial charge on any atom is 0.226 e. The Balaban J connectivity index is 1.54. The highest BCUT2D eigenvalue weighted by atomic mass is 16.3. The molecule has 29 heavy (non-hydrogen) atoms. The van der Waals surface area contributed by atoms with Crippen molar-refractivity contribution >= 4 is 22.6 Å². The lowest BCUT2D eigenvalue weighted by molar-refractivity contribution is -0.116. The van der Waals surface area contributed by atoms with E-state index < -0.39 is 0 Å². The molecule has 0 spiro atoms. The molecule has 3 aromatic heterocycles. The fraction of sp³-hybridized carbons (Fsp3) is 0.227. The Hall–Kier alpha value is -3.61. The highest BCUT2D eigenvalue weighted by molar-refractivity contribution is 6.01. The van der Waals surface area contributed by atoms with E-state index in [0.717, 1.165) is 33.5 Å². The summed E-state index contributed by atoms with van der Waals surface area (Å²) in [4.78, 5) is 21.3. The molecule has 0 saturated heterocycles. The van der Waals surface area contributed by atoms with Crippen molar-refractivity contribution in [2.45, 2.75) is 31.7 Å². The summed E-state index contributed by atoms with van der Waals surface area (Å²) in [5, 5.41) is 9.08. The minimum absolute atomic E-state index is 0.0305. The molecule has 6 rings (SSSR count). The van der Waals surface area contributed by atoms with Crippen LogP contribution in [-0.2, 0) is 4.79 Å². The van der Waals surface area contributed by atoms with Gasteiger partial charge in [0.05, 0.1) is 6.26 Å². The Labute approximate surface area is 166 Å². The number of nitrogens with one attached hydrogen (secondary N) is 2. The molecule has 2 aliphatic rings. The third kappa shape index (κ3) is 2.40. The number of H-pyrrole nitrogens is 1. The summed E-state index contributed by atoms with van der Waals surface area (Å²) in [6.07, 6.45) is 4.78. The van der Waals surface area contributed by atoms with E-state index in [2.05, 4.69) is 26.4 Å². The average molecular weight is 385 g/mol. The van der Waals surface area contributed by atoms with Crippen LogP contribution in [0.1, 0.15) is 41.9 Å². The van der Waals surface area contributed by atoms with Gasteiger partial charge in [-0.05, 0) is 31.5 Å². The van der Waals surface area contributed by atoms with Crippen molar-refractivity contribution in [2.75, 3.05) is 5.32 Å². The summed E-state index contributed by atoms with van der Waals surface area (Å²) in [6.45, 7) is 1.87. The normalized spacial score (nSPS) is 21.2. The summed E-state index contributed by atoms with van der Waals surface area (Å²) in [5.41, 5.74) is 3.76. The highest BCUT2D eigenvalue weighted by Gasteiger charge is 2.40. The number of aromatic amines is 1. The van der Waals surface area contributed by atoms with Crippen molar-refractivity contribution in [3.05, 3.63) is 77.3 Å². The van der Waals surface area contributed by atoms with E-state index in [1.54, 1.807) is 6.26 Å². The van der Waals surface area contributed by atoms with E-state index in [1.807, 2.05) is 48.1 Å². The van der Waals surface area contributed by atoms with Crippen LogP contribution in [0.15, 0.2) is 64.5 Å². The van der Waals surface area contributed by atoms with Crippen LogP contribution < -0.4 is 5.32 Å². The van der Waals surface area contributed by atoms with Crippen molar-refractivity contribution in [1.82, 2.24) is 19.7 Å². The molecule has 7 nitrogen and oxygen atoms in total. The predicted octanol–water partition coefficient (Wildman–Crippen LogP) is 4.08. The maximum atomic E-state index is 13.4. The molecule has 1 aromatic carbocycles. The first-order chi connectivity index (χ1) is 14.2. The lowest BCUT2D eigenvalue weighted by Crippen LogP contribution is -2.33. The molecule has 4 aromatic rings. The number of hydrogen-bond donors (Lipinski definition) is 2. The van der Waals surface area contributed by atoms with E-state index >= 15 is 0 Å². The first-order valence-corrected chi connectivity index (χ1v) is 9.75. The van der Waals surface area contributed by atoms with Crippen molar-refractivity contribution in [3.8, 4) is 0 Å². The summed E-state index contributed by atoms with van der Waals surface area (Å²) < 4.78 is 7.43. The number of hydrogen-bond acceptors (Lipinski definition) is 5. The lowest BCUT2D eigenvalue weighted by Gasteiger charge is -2.34. The second-order valence-corrected chi connectivity index (χ2v) is 7.68. The second-order valence-electron chi connectivity index (χ2n) is 7.68. The Morgan fingerprint density at radius 2 is 2.07 bits per heavy atom. The van der Waals surface area contributed by atoms with Crippen LogP contribution in [0.25, 0.3) is 10.9 Å². The van der Waals surface area contributed by atoms with Gasteiger partial charge in [0.15, 0.2) is 5.78 Å². The molecule has 0 radical (unpaired) electrons. The van der Waals surface area contributed by atoms with Crippen molar-refractivity contribution in [1.29, 1.82) is 0 Å². The second kappa shape index (κ2) is 5.94. The zero-order chi connectivity index (χ0) is 19.5. The van der Waals surface area contributed by atoms with Crippen LogP contribution in [0.3, 0.4) is 0 Å². The number of nitrogens with zero attached hydrogens (tertiary/aromatic N) is 3. The first-order valence-electron chi connectivity index (χ1n) is 9.75. The molecule has 0 bridgehead atoms. The summed E-state index contributed by atoms with van der Waals surface area (Å²) >= 11 is 0. The minimum atomic E-state index is -0.302. The molecule has 2 unspecified atom stereocenters. The predicted molar refractivity (Wildman–Crippen MR) is 108 cm³/mol. The van der Waals surface area contributed by atoms with Gasteiger partial charge in [0.25, 0.3) is 0 Å². The number of aryl methyl sites for hydroxylation is 1. The molecule has 2 N–H and O–H groups in total. The maximum absolute atomic E-state index is 13.4. The van der Waals surface area contributed by atoms with E-state index in [1.165, 1.54) is 0 Å². The standard InChI is InChI=1S/C22H19N5O2/c1-12-24-22-25-17-9-13(19-7-4-8-29-19)10-18(28)20(17)21(27(22)26-12)15-11-23-16-6-3-2-5-14(15)16/h2-8,11,13,21,23H,9-10H2,1H3,(H,24,25,26). The summed E-state index contributed by atoms with van der Waals surface area (Å²) in [5.74, 6) is 2.34. The van der Waals surface area contributed by atoms with Gasteiger partial charge >= 0.3 is 0 Å². The Morgan fingerprint density at radius 3 is 2.93 bits per heavy atom. The third-order valence-electron chi connectivity index (χ3n) is 5.89. The number of ketones is 1. The van der Waals surface area contributed by atoms with Gasteiger partial charge in [0, 0.05) is 46.3 Å². The first kappa shape index (κ1) is 16.4. The number of carbonyl (C=O) groups excluding carboxylic acids is 1. The van der Waals surface area contributed by atoms with Crippen LogP contribution in [0.5, 0.6) is 0 Å². The fourth-order valence-corrected chi connectivity index (χ4v) is 4.65. The Kier molecular flexibility index (Phi) is 3.35. The summed E-state index contributed by atoms with van der Waals surface area (Å²) in [7, 11) is 0. The third-order valence-corrected chi connectivity index (χ3v) is 5.89. The van der Waals surface area contributed by atoms with Gasteiger partial charge in [-0.2, -0.15) is 10.1 Å². The number of aromatic nitrogens is 4. The average Bonchev–Trinajstić information content (AvgIpc) is 3.45. The van der Waals surface area contributed by atoms with Crippen LogP contribution in [0.2, 0.25) is 0 Å². The van der Waals surface area contributed by atoms with Crippen molar-refractivity contribution < 1.29 is 9.21 Å². The van der Waals surface area contributed by atoms with Gasteiger partial charge in [0.1, 0.15) is 17.6 Å². The van der Waals surface area contributed by atoms with Crippen LogP contribution in [-0.4, -0.2) is 25.5 Å². The van der Waals surface area contributed by atoms with E-state index in [4.69, 9.17) is 4.42 Å². The Morgan fingerprint density at radius 1 is 1.17 bits per heavy atom. The van der Waals surface area contributed by atoms with Gasteiger partial charge in [-0.15, -0.1) is 0 Å². The number of rotatable bonds is 2. The molecule has 144 valence electrons. The van der Waals surface area contributed by atoms with Crippen LogP contribution in [0.4, 0.5) is 5.95 Å². The zero-order valence-corrected chi connectivity index (χ0v) is 15.8. The molecular formula is C22H19N5O2. The van der Waals surface area contributed by atoms with Gasteiger partial charge in [-0.1, -0.05) is 18.2 Å². The van der Waals surface area contributed by atoms with Crippen molar-refractivity contribution in [2.24, 2.45) is 0 Å². The molecule has 0 amide bonds. The van der Waals surface area contributed by atoms with Gasteiger partial charge in [0.2, 0.25) is 5.95 Å². The minimum Gasteiger partial charge on any atom is -0.469 e. The monoisotopic (exact) mass is 385 g/mol. The number of allylic oxidation sites excluding steroid dienone is 2. The zero-order valence-electron chi connectivity index (χ0n) is 15.8. The molecule has 1 aliphatic carbocycles. The van der Waals surface area contributed by atoms with E-state index in [9.17, 15) is 4.79 Å². The summed E-state index contributed by atoms with van der Waals surface area (Å²) in [6, 6.07) is 11.6. The largest absolute Gasteiger partial charge is 0.469 e. The number of furan rings is 1. The van der Waals surface area contributed by atoms with Gasteiger partial charge in [-0.25, -0.2) is 4.68 Å². The Bertz CT molecular complexity index is 1280. The number of benzene rings is 1. The molecule has 4 heterocycles.